The average molecular weight is 628 g/mol. The summed E-state index contributed by atoms with van der Waals surface area (Å²) in [4.78, 5) is 50.5. The molecular formula is C35H33NO8S. The van der Waals surface area contributed by atoms with E-state index >= 15 is 0 Å². The molecule has 0 saturated heterocycles. The summed E-state index contributed by atoms with van der Waals surface area (Å²) < 4.78 is 14.6. The molecule has 4 aromatic carbocycles. The van der Waals surface area contributed by atoms with E-state index in [1.807, 2.05) is 91.0 Å². The molecule has 0 aliphatic carbocycles. The number of thioether (sulfide) groups is 1. The molecule has 0 aliphatic rings. The summed E-state index contributed by atoms with van der Waals surface area (Å²) in [6, 6.07) is 29.7. The first kappa shape index (κ1) is 32.8. The van der Waals surface area contributed by atoms with Gasteiger partial charge in [-0.25, -0.2) is 9.59 Å². The van der Waals surface area contributed by atoms with Crippen molar-refractivity contribution in [1.82, 2.24) is 5.32 Å². The largest absolute Gasteiger partial charge is 0.507 e. The SMILES string of the molecule is COC(=O)[C@H](CSC(c1ccccc1)(c1ccccc1)c1ccccc1)NC(=O)COC(=O)c1c(C)c(OC)cc(O)c1C=O. The minimum Gasteiger partial charge on any atom is -0.507 e. The van der Waals surface area contributed by atoms with Crippen LogP contribution in [-0.4, -0.2) is 61.9 Å². The predicted molar refractivity (Wildman–Crippen MR) is 171 cm³/mol. The lowest BCUT2D eigenvalue weighted by Crippen LogP contribution is -2.46. The molecule has 0 fully saturated rings. The number of phenols is 1. The normalized spacial score (nSPS) is 11.6. The van der Waals surface area contributed by atoms with Crippen LogP contribution in [0.4, 0.5) is 0 Å². The number of carbonyl (C=O) groups is 4. The summed E-state index contributed by atoms with van der Waals surface area (Å²) in [5, 5.41) is 12.8. The van der Waals surface area contributed by atoms with Gasteiger partial charge in [-0.3, -0.25) is 9.59 Å². The molecule has 0 radical (unpaired) electrons. The summed E-state index contributed by atoms with van der Waals surface area (Å²) in [5.74, 6) is -2.66. The second-order valence-electron chi connectivity index (χ2n) is 9.94. The molecule has 0 heterocycles. The van der Waals surface area contributed by atoms with Crippen LogP contribution >= 0.6 is 11.8 Å². The summed E-state index contributed by atoms with van der Waals surface area (Å²) in [6.45, 7) is 0.763. The molecule has 0 bridgehead atoms. The topological polar surface area (TPSA) is 128 Å². The third-order valence-corrected chi connectivity index (χ3v) is 8.90. The van der Waals surface area contributed by atoms with E-state index in [2.05, 4.69) is 5.32 Å². The summed E-state index contributed by atoms with van der Waals surface area (Å²) in [7, 11) is 2.57. The van der Waals surface area contributed by atoms with E-state index in [1.165, 1.54) is 39.0 Å². The van der Waals surface area contributed by atoms with E-state index < -0.39 is 41.0 Å². The number of carbonyl (C=O) groups excluding carboxylic acids is 4. The molecular weight excluding hydrogens is 594 g/mol. The van der Waals surface area contributed by atoms with E-state index in [4.69, 9.17) is 14.2 Å². The van der Waals surface area contributed by atoms with E-state index in [-0.39, 0.29) is 28.2 Å². The maximum absolute atomic E-state index is 13.0. The van der Waals surface area contributed by atoms with E-state index in [0.29, 0.717) is 6.29 Å². The number of ether oxygens (including phenoxy) is 3. The Hall–Kier alpha value is -5.09. The van der Waals surface area contributed by atoms with Crippen LogP contribution in [-0.2, 0) is 23.8 Å². The Morgan fingerprint density at radius 1 is 0.889 bits per heavy atom. The minimum absolute atomic E-state index is 0.100. The van der Waals surface area contributed by atoms with Gasteiger partial charge in [-0.2, -0.15) is 0 Å². The second kappa shape index (κ2) is 15.1. The van der Waals surface area contributed by atoms with Gasteiger partial charge in [-0.1, -0.05) is 91.0 Å². The van der Waals surface area contributed by atoms with E-state index in [0.717, 1.165) is 16.7 Å². The van der Waals surface area contributed by atoms with Gasteiger partial charge >= 0.3 is 11.9 Å². The highest BCUT2D eigenvalue weighted by molar-refractivity contribution is 8.00. The summed E-state index contributed by atoms with van der Waals surface area (Å²) in [6.07, 6.45) is 0.321. The third-order valence-electron chi connectivity index (χ3n) is 7.26. The van der Waals surface area contributed by atoms with Crippen LogP contribution < -0.4 is 10.1 Å². The Bertz CT molecular complexity index is 1550. The number of aldehydes is 1. The number of aromatic hydroxyl groups is 1. The Balaban J connectivity index is 1.59. The van der Waals surface area contributed by atoms with Gasteiger partial charge in [0.2, 0.25) is 0 Å². The zero-order valence-corrected chi connectivity index (χ0v) is 25.8. The summed E-state index contributed by atoms with van der Waals surface area (Å²) >= 11 is 1.45. The number of methoxy groups -OCH3 is 2. The van der Waals surface area contributed by atoms with Gasteiger partial charge in [0.1, 0.15) is 17.5 Å². The lowest BCUT2D eigenvalue weighted by atomic mass is 9.84. The number of amides is 1. The van der Waals surface area contributed by atoms with Gasteiger partial charge in [-0.15, -0.1) is 11.8 Å². The third kappa shape index (κ3) is 7.18. The first-order valence-corrected chi connectivity index (χ1v) is 15.0. The highest BCUT2D eigenvalue weighted by Crippen LogP contribution is 2.48. The molecule has 0 saturated carbocycles. The van der Waals surface area contributed by atoms with Crippen LogP contribution in [0.5, 0.6) is 11.5 Å². The molecule has 0 aliphatic heterocycles. The Morgan fingerprint density at radius 3 is 1.84 bits per heavy atom. The number of phenolic OH excluding ortho intramolecular Hbond substituents is 1. The fourth-order valence-corrected chi connectivity index (χ4v) is 6.63. The van der Waals surface area contributed by atoms with E-state index in [1.54, 1.807) is 0 Å². The number of nitrogens with one attached hydrogen (secondary N) is 1. The Kier molecular flexibility index (Phi) is 11.0. The lowest BCUT2D eigenvalue weighted by molar-refractivity contribution is -0.144. The number of hydrogen-bond acceptors (Lipinski definition) is 9. The van der Waals surface area contributed by atoms with Crippen molar-refractivity contribution in [1.29, 1.82) is 0 Å². The molecule has 4 rings (SSSR count). The van der Waals surface area contributed by atoms with Crippen molar-refractivity contribution in [2.45, 2.75) is 17.7 Å². The van der Waals surface area contributed by atoms with Crippen LogP contribution in [0.1, 0.15) is 43.0 Å². The molecule has 4 aromatic rings. The molecule has 1 atom stereocenters. The van der Waals surface area contributed by atoms with Crippen molar-refractivity contribution in [3.63, 3.8) is 0 Å². The fourth-order valence-electron chi connectivity index (χ4n) is 5.08. The monoisotopic (exact) mass is 627 g/mol. The maximum atomic E-state index is 13.0. The van der Waals surface area contributed by atoms with E-state index in [9.17, 15) is 24.3 Å². The molecule has 10 heteroatoms. The quantitative estimate of drug-likeness (QED) is 0.119. The average Bonchev–Trinajstić information content (AvgIpc) is 3.08. The first-order valence-electron chi connectivity index (χ1n) is 14.0. The van der Waals surface area contributed by atoms with Crippen LogP contribution in [0.3, 0.4) is 0 Å². The van der Waals surface area contributed by atoms with Gasteiger partial charge in [0.05, 0.1) is 30.1 Å². The van der Waals surface area contributed by atoms with Crippen molar-refractivity contribution < 1.29 is 38.5 Å². The van der Waals surface area contributed by atoms with Gasteiger partial charge in [0, 0.05) is 17.4 Å². The highest BCUT2D eigenvalue weighted by Gasteiger charge is 2.39. The minimum atomic E-state index is -1.10. The van der Waals surface area contributed by atoms with Gasteiger partial charge in [-0.05, 0) is 23.6 Å². The maximum Gasteiger partial charge on any atom is 0.339 e. The number of hydrogen-bond donors (Lipinski definition) is 2. The van der Waals surface area contributed by atoms with Crippen molar-refractivity contribution >= 4 is 35.9 Å². The van der Waals surface area contributed by atoms with Gasteiger partial charge in [0.15, 0.2) is 12.9 Å². The van der Waals surface area contributed by atoms with Crippen molar-refractivity contribution in [2.75, 3.05) is 26.6 Å². The summed E-state index contributed by atoms with van der Waals surface area (Å²) in [5.41, 5.74) is 2.65. The van der Waals surface area contributed by atoms with Crippen LogP contribution in [0.25, 0.3) is 0 Å². The zero-order valence-electron chi connectivity index (χ0n) is 25.0. The smallest absolute Gasteiger partial charge is 0.339 e. The molecule has 232 valence electrons. The predicted octanol–water partition coefficient (Wildman–Crippen LogP) is 5.06. The number of esters is 2. The van der Waals surface area contributed by atoms with Crippen molar-refractivity contribution in [3.05, 3.63) is 130 Å². The molecule has 1 amide bonds. The van der Waals surface area contributed by atoms with Crippen LogP contribution in [0.2, 0.25) is 0 Å². The molecule has 0 spiro atoms. The molecule has 0 aromatic heterocycles. The van der Waals surface area contributed by atoms with Crippen LogP contribution in [0, 0.1) is 6.92 Å². The van der Waals surface area contributed by atoms with Gasteiger partial charge < -0.3 is 24.6 Å². The zero-order chi connectivity index (χ0) is 32.4. The Labute approximate surface area is 265 Å². The Morgan fingerprint density at radius 2 is 1.40 bits per heavy atom. The lowest BCUT2D eigenvalue weighted by Gasteiger charge is -2.36. The standard InChI is InChI=1S/C35H33NO8S/c1-23-30(42-2)19-29(38)27(20-37)32(23)34(41)44-21-31(39)36-28(33(40)43-3)22-45-35(24-13-7-4-8-14-24,25-15-9-5-10-16-25)26-17-11-6-12-18-26/h4-20,28,38H,21-22H2,1-3H3,(H,36,39)/t28-/m0/s1. The fraction of sp³-hybridized carbons (Fsp3) is 0.200. The number of rotatable bonds is 13. The second-order valence-corrected chi connectivity index (χ2v) is 11.2. The molecule has 9 nitrogen and oxygen atoms in total. The van der Waals surface area contributed by atoms with Gasteiger partial charge in [0.25, 0.3) is 5.91 Å². The van der Waals surface area contributed by atoms with Crippen molar-refractivity contribution in [2.24, 2.45) is 0 Å². The van der Waals surface area contributed by atoms with Crippen molar-refractivity contribution in [3.8, 4) is 11.5 Å². The highest BCUT2D eigenvalue weighted by atomic mass is 32.2. The molecule has 0 unspecified atom stereocenters. The molecule has 2 N–H and O–H groups in total. The van der Waals surface area contributed by atoms with Crippen LogP contribution in [0.15, 0.2) is 97.1 Å². The number of benzene rings is 4. The molecule has 45 heavy (non-hydrogen) atoms. The first-order chi connectivity index (χ1) is 21.8.